The van der Waals surface area contributed by atoms with Gasteiger partial charge in [0.2, 0.25) is 0 Å². The molecule has 1 atom stereocenters. The first-order valence-electron chi connectivity index (χ1n) is 6.13. The molecule has 0 aliphatic carbocycles. The molecule has 0 unspecified atom stereocenters. The zero-order valence-corrected chi connectivity index (χ0v) is 11.8. The van der Waals surface area contributed by atoms with E-state index in [-0.39, 0.29) is 24.3 Å². The fourth-order valence-corrected chi connectivity index (χ4v) is 2.13. The Morgan fingerprint density at radius 2 is 1.68 bits per heavy atom. The maximum atomic E-state index is 11.9. The Morgan fingerprint density at radius 1 is 1.11 bits per heavy atom. The standard InChI is InChI=1S/C15H20O4/c1-15(2,14(17)19-4)12(10-13(16)18-3)11-8-6-5-7-9-11/h5-9,12H,10H2,1-4H3/t12-/m0/s1. The molecule has 0 radical (unpaired) electrons. The summed E-state index contributed by atoms with van der Waals surface area (Å²) in [6.45, 7) is 3.55. The molecule has 0 saturated carbocycles. The fourth-order valence-electron chi connectivity index (χ4n) is 2.13. The molecule has 19 heavy (non-hydrogen) atoms. The second-order valence-corrected chi connectivity index (χ2v) is 4.96. The highest BCUT2D eigenvalue weighted by Crippen LogP contribution is 2.39. The summed E-state index contributed by atoms with van der Waals surface area (Å²) in [6, 6.07) is 9.46. The van der Waals surface area contributed by atoms with Crippen molar-refractivity contribution >= 4 is 11.9 Å². The second kappa shape index (κ2) is 6.36. The van der Waals surface area contributed by atoms with Crippen molar-refractivity contribution < 1.29 is 19.1 Å². The minimum atomic E-state index is -0.801. The summed E-state index contributed by atoms with van der Waals surface area (Å²) in [6.07, 6.45) is 0.141. The molecular weight excluding hydrogens is 244 g/mol. The molecule has 0 aromatic heterocycles. The molecule has 0 saturated heterocycles. The normalized spacial score (nSPS) is 12.6. The van der Waals surface area contributed by atoms with Gasteiger partial charge in [-0.2, -0.15) is 0 Å². The number of carbonyl (C=O) groups is 2. The van der Waals surface area contributed by atoms with Crippen LogP contribution in [-0.4, -0.2) is 26.2 Å². The van der Waals surface area contributed by atoms with Crippen LogP contribution in [0.1, 0.15) is 31.7 Å². The lowest BCUT2D eigenvalue weighted by Gasteiger charge is -2.31. The van der Waals surface area contributed by atoms with E-state index in [2.05, 4.69) is 0 Å². The molecule has 1 aromatic carbocycles. The van der Waals surface area contributed by atoms with Crippen LogP contribution in [0.5, 0.6) is 0 Å². The Balaban J connectivity index is 3.12. The van der Waals surface area contributed by atoms with E-state index in [1.807, 2.05) is 30.3 Å². The van der Waals surface area contributed by atoms with Crippen LogP contribution in [0.15, 0.2) is 30.3 Å². The lowest BCUT2D eigenvalue weighted by Crippen LogP contribution is -2.34. The van der Waals surface area contributed by atoms with Crippen LogP contribution in [0.4, 0.5) is 0 Å². The van der Waals surface area contributed by atoms with E-state index in [9.17, 15) is 9.59 Å². The minimum absolute atomic E-state index is 0.141. The van der Waals surface area contributed by atoms with Crippen LogP contribution < -0.4 is 0 Å². The zero-order valence-electron chi connectivity index (χ0n) is 11.8. The molecule has 4 heteroatoms. The Bertz CT molecular complexity index is 437. The molecule has 0 bridgehead atoms. The smallest absolute Gasteiger partial charge is 0.311 e. The summed E-state index contributed by atoms with van der Waals surface area (Å²) in [7, 11) is 2.69. The van der Waals surface area contributed by atoms with E-state index in [0.29, 0.717) is 0 Å². The van der Waals surface area contributed by atoms with Crippen molar-refractivity contribution in [3.63, 3.8) is 0 Å². The van der Waals surface area contributed by atoms with Crippen molar-refractivity contribution in [1.29, 1.82) is 0 Å². The fraction of sp³-hybridized carbons (Fsp3) is 0.467. The van der Waals surface area contributed by atoms with Gasteiger partial charge >= 0.3 is 11.9 Å². The quantitative estimate of drug-likeness (QED) is 0.767. The van der Waals surface area contributed by atoms with E-state index in [0.717, 1.165) is 5.56 Å². The predicted octanol–water partition coefficient (Wildman–Crippen LogP) is 2.53. The number of hydrogen-bond acceptors (Lipinski definition) is 4. The first-order chi connectivity index (χ1) is 8.93. The van der Waals surface area contributed by atoms with Crippen LogP contribution in [0.2, 0.25) is 0 Å². The van der Waals surface area contributed by atoms with Crippen LogP contribution >= 0.6 is 0 Å². The van der Waals surface area contributed by atoms with Gasteiger partial charge in [0.15, 0.2) is 0 Å². The van der Waals surface area contributed by atoms with Gasteiger partial charge in [-0.25, -0.2) is 0 Å². The van der Waals surface area contributed by atoms with Gasteiger partial charge in [0, 0.05) is 5.92 Å². The maximum absolute atomic E-state index is 11.9. The van der Waals surface area contributed by atoms with Gasteiger partial charge in [0.05, 0.1) is 26.1 Å². The predicted molar refractivity (Wildman–Crippen MR) is 71.6 cm³/mol. The van der Waals surface area contributed by atoms with Crippen molar-refractivity contribution in [2.24, 2.45) is 5.41 Å². The molecule has 0 fully saturated rings. The van der Waals surface area contributed by atoms with Crippen molar-refractivity contribution in [2.45, 2.75) is 26.2 Å². The molecule has 4 nitrogen and oxygen atoms in total. The molecule has 104 valence electrons. The van der Waals surface area contributed by atoms with Crippen molar-refractivity contribution in [1.82, 2.24) is 0 Å². The van der Waals surface area contributed by atoms with Crippen LogP contribution in [0.3, 0.4) is 0 Å². The van der Waals surface area contributed by atoms with Crippen molar-refractivity contribution in [2.75, 3.05) is 14.2 Å². The minimum Gasteiger partial charge on any atom is -0.469 e. The van der Waals surface area contributed by atoms with Crippen LogP contribution in [0, 0.1) is 5.41 Å². The van der Waals surface area contributed by atoms with Gasteiger partial charge in [-0.3, -0.25) is 9.59 Å². The summed E-state index contributed by atoms with van der Waals surface area (Å²) in [4.78, 5) is 23.5. The van der Waals surface area contributed by atoms with E-state index in [4.69, 9.17) is 9.47 Å². The summed E-state index contributed by atoms with van der Waals surface area (Å²) < 4.78 is 9.56. The van der Waals surface area contributed by atoms with Gasteiger partial charge < -0.3 is 9.47 Å². The Morgan fingerprint density at radius 3 is 2.16 bits per heavy atom. The number of ether oxygens (including phenoxy) is 2. The number of benzene rings is 1. The molecule has 0 heterocycles. The van der Waals surface area contributed by atoms with Gasteiger partial charge in [0.25, 0.3) is 0 Å². The van der Waals surface area contributed by atoms with E-state index in [1.54, 1.807) is 13.8 Å². The largest absolute Gasteiger partial charge is 0.469 e. The lowest BCUT2D eigenvalue weighted by molar-refractivity contribution is -0.153. The highest BCUT2D eigenvalue weighted by Gasteiger charge is 2.40. The Labute approximate surface area is 113 Å². The molecule has 0 aliphatic heterocycles. The van der Waals surface area contributed by atoms with Crippen molar-refractivity contribution in [3.8, 4) is 0 Å². The van der Waals surface area contributed by atoms with E-state index in [1.165, 1.54) is 14.2 Å². The molecule has 0 aliphatic rings. The van der Waals surface area contributed by atoms with Crippen LogP contribution in [-0.2, 0) is 19.1 Å². The summed E-state index contributed by atoms with van der Waals surface area (Å²) in [5, 5.41) is 0. The lowest BCUT2D eigenvalue weighted by atomic mass is 9.73. The average Bonchev–Trinajstić information content (AvgIpc) is 2.44. The third kappa shape index (κ3) is 3.56. The second-order valence-electron chi connectivity index (χ2n) is 4.96. The number of methoxy groups -OCH3 is 2. The summed E-state index contributed by atoms with van der Waals surface area (Å²) in [5.74, 6) is -0.968. The van der Waals surface area contributed by atoms with E-state index >= 15 is 0 Å². The summed E-state index contributed by atoms with van der Waals surface area (Å²) >= 11 is 0. The number of rotatable bonds is 5. The maximum Gasteiger partial charge on any atom is 0.311 e. The average molecular weight is 264 g/mol. The third-order valence-electron chi connectivity index (χ3n) is 3.38. The highest BCUT2D eigenvalue weighted by atomic mass is 16.5. The molecule has 1 rings (SSSR count). The van der Waals surface area contributed by atoms with E-state index < -0.39 is 5.41 Å². The molecule has 1 aromatic rings. The number of carbonyl (C=O) groups excluding carboxylic acids is 2. The van der Waals surface area contributed by atoms with Gasteiger partial charge in [-0.15, -0.1) is 0 Å². The summed E-state index contributed by atoms with van der Waals surface area (Å²) in [5.41, 5.74) is 0.118. The zero-order chi connectivity index (χ0) is 14.5. The molecular formula is C15H20O4. The number of hydrogen-bond donors (Lipinski definition) is 0. The molecule has 0 amide bonds. The van der Waals surface area contributed by atoms with Gasteiger partial charge in [-0.05, 0) is 19.4 Å². The highest BCUT2D eigenvalue weighted by molar-refractivity contribution is 5.79. The van der Waals surface area contributed by atoms with Gasteiger partial charge in [0.1, 0.15) is 0 Å². The first kappa shape index (κ1) is 15.2. The van der Waals surface area contributed by atoms with Crippen LogP contribution in [0.25, 0.3) is 0 Å². The third-order valence-corrected chi connectivity index (χ3v) is 3.38. The SMILES string of the molecule is COC(=O)C[C@@H](c1ccccc1)C(C)(C)C(=O)OC. The molecule has 0 N–H and O–H groups in total. The Kier molecular flexibility index (Phi) is 5.10. The topological polar surface area (TPSA) is 52.6 Å². The first-order valence-corrected chi connectivity index (χ1v) is 6.13. The Hall–Kier alpha value is -1.84. The molecule has 0 spiro atoms. The van der Waals surface area contributed by atoms with Crippen molar-refractivity contribution in [3.05, 3.63) is 35.9 Å². The number of esters is 2. The monoisotopic (exact) mass is 264 g/mol. The van der Waals surface area contributed by atoms with Gasteiger partial charge in [-0.1, -0.05) is 30.3 Å².